The van der Waals surface area contributed by atoms with Gasteiger partial charge < -0.3 is 24.3 Å². The zero-order valence-corrected chi connectivity index (χ0v) is 13.9. The molecule has 1 aromatic rings. The summed E-state index contributed by atoms with van der Waals surface area (Å²) < 4.78 is 15.6. The molecule has 0 saturated heterocycles. The average molecular weight is 309 g/mol. The number of methoxy groups -OCH3 is 2. The largest absolute Gasteiger partial charge is 0.493 e. The molecule has 1 aromatic carbocycles. The maximum absolute atomic E-state index is 11.9. The third-order valence-electron chi connectivity index (χ3n) is 2.98. The maximum Gasteiger partial charge on any atom is 0.408 e. The molecule has 1 unspecified atom stereocenters. The van der Waals surface area contributed by atoms with E-state index < -0.39 is 17.2 Å². The summed E-state index contributed by atoms with van der Waals surface area (Å²) in [6.45, 7) is 6.84. The summed E-state index contributed by atoms with van der Waals surface area (Å²) in [6.07, 6.45) is -0.0186. The molecular weight excluding hydrogens is 286 g/mol. The van der Waals surface area contributed by atoms with Crippen molar-refractivity contribution in [2.75, 3.05) is 14.2 Å². The molecule has 122 valence electrons. The molecule has 0 spiro atoms. The van der Waals surface area contributed by atoms with Gasteiger partial charge in [-0.2, -0.15) is 0 Å². The van der Waals surface area contributed by atoms with E-state index in [0.717, 1.165) is 0 Å². The normalized spacial score (nSPS) is 13.7. The minimum absolute atomic E-state index is 0.471. The Morgan fingerprint density at radius 2 is 1.68 bits per heavy atom. The third kappa shape index (κ3) is 4.38. The van der Waals surface area contributed by atoms with E-state index in [1.54, 1.807) is 45.9 Å². The van der Waals surface area contributed by atoms with Crippen molar-refractivity contribution < 1.29 is 23.8 Å². The zero-order chi connectivity index (χ0) is 17.0. The lowest BCUT2D eigenvalue weighted by molar-refractivity contribution is -0.113. The molecule has 0 aliphatic heterocycles. The van der Waals surface area contributed by atoms with Gasteiger partial charge in [0.15, 0.2) is 11.5 Å². The second-order valence-electron chi connectivity index (χ2n) is 6.02. The fourth-order valence-electron chi connectivity index (χ4n) is 1.84. The number of nitrogens with one attached hydrogen (secondary N) is 1. The summed E-state index contributed by atoms with van der Waals surface area (Å²) in [5, 5.41) is 2.58. The number of aldehydes is 1. The number of hydrogen-bond acceptors (Lipinski definition) is 5. The lowest BCUT2D eigenvalue weighted by Crippen LogP contribution is -2.46. The number of benzene rings is 1. The average Bonchev–Trinajstić information content (AvgIpc) is 2.44. The van der Waals surface area contributed by atoms with Crippen LogP contribution < -0.4 is 14.8 Å². The molecule has 0 saturated carbocycles. The Morgan fingerprint density at radius 3 is 2.14 bits per heavy atom. The van der Waals surface area contributed by atoms with E-state index in [2.05, 4.69) is 5.32 Å². The highest BCUT2D eigenvalue weighted by Gasteiger charge is 2.31. The van der Waals surface area contributed by atoms with Crippen LogP contribution in [0.4, 0.5) is 4.79 Å². The maximum atomic E-state index is 11.9. The van der Waals surface area contributed by atoms with Crippen molar-refractivity contribution in [2.45, 2.75) is 38.8 Å². The van der Waals surface area contributed by atoms with Crippen molar-refractivity contribution >= 4 is 12.4 Å². The molecule has 1 rings (SSSR count). The minimum Gasteiger partial charge on any atom is -0.493 e. The second kappa shape index (κ2) is 6.68. The van der Waals surface area contributed by atoms with Crippen LogP contribution in [0.5, 0.6) is 11.5 Å². The number of carbonyl (C=O) groups excluding carboxylic acids is 2. The van der Waals surface area contributed by atoms with Gasteiger partial charge in [-0.1, -0.05) is 6.07 Å². The van der Waals surface area contributed by atoms with Crippen molar-refractivity contribution in [3.8, 4) is 11.5 Å². The highest BCUT2D eigenvalue weighted by molar-refractivity contribution is 5.78. The Labute approximate surface area is 130 Å². The van der Waals surface area contributed by atoms with Crippen LogP contribution in [0.3, 0.4) is 0 Å². The molecule has 0 aliphatic carbocycles. The van der Waals surface area contributed by atoms with Crippen LogP contribution in [-0.4, -0.2) is 32.2 Å². The summed E-state index contributed by atoms with van der Waals surface area (Å²) in [6, 6.07) is 5.00. The summed E-state index contributed by atoms with van der Waals surface area (Å²) >= 11 is 0. The molecule has 6 heteroatoms. The first-order chi connectivity index (χ1) is 10.1. The number of alkyl carbamates (subject to hydrolysis) is 1. The van der Waals surface area contributed by atoms with Crippen LogP contribution >= 0.6 is 0 Å². The number of amides is 1. The molecule has 0 aromatic heterocycles. The molecule has 6 nitrogen and oxygen atoms in total. The molecule has 0 fully saturated rings. The van der Waals surface area contributed by atoms with Crippen LogP contribution in [0, 0.1) is 0 Å². The van der Waals surface area contributed by atoms with Crippen molar-refractivity contribution in [1.82, 2.24) is 5.32 Å². The highest BCUT2D eigenvalue weighted by atomic mass is 16.6. The summed E-state index contributed by atoms with van der Waals surface area (Å²) in [7, 11) is 3.02. The van der Waals surface area contributed by atoms with Crippen molar-refractivity contribution in [3.05, 3.63) is 23.8 Å². The van der Waals surface area contributed by atoms with Crippen LogP contribution in [0.15, 0.2) is 18.2 Å². The zero-order valence-electron chi connectivity index (χ0n) is 13.9. The van der Waals surface area contributed by atoms with E-state index in [0.29, 0.717) is 23.3 Å². The van der Waals surface area contributed by atoms with E-state index in [9.17, 15) is 9.59 Å². The van der Waals surface area contributed by atoms with Crippen molar-refractivity contribution in [2.24, 2.45) is 0 Å². The predicted octanol–water partition coefficient (Wildman–Crippen LogP) is 2.64. The molecule has 1 N–H and O–H groups in total. The first kappa shape index (κ1) is 17.8. The van der Waals surface area contributed by atoms with Crippen LogP contribution in [0.25, 0.3) is 0 Å². The van der Waals surface area contributed by atoms with Gasteiger partial charge in [0.05, 0.1) is 14.2 Å². The minimum atomic E-state index is -1.23. The first-order valence-electron chi connectivity index (χ1n) is 6.85. The lowest BCUT2D eigenvalue weighted by Gasteiger charge is -2.28. The van der Waals surface area contributed by atoms with Crippen LogP contribution in [0.1, 0.15) is 33.3 Å². The Bertz CT molecular complexity index is 550. The van der Waals surface area contributed by atoms with Gasteiger partial charge in [0.2, 0.25) is 0 Å². The molecule has 22 heavy (non-hydrogen) atoms. The molecule has 0 radical (unpaired) electrons. The van der Waals surface area contributed by atoms with E-state index in [-0.39, 0.29) is 0 Å². The van der Waals surface area contributed by atoms with Crippen molar-refractivity contribution in [3.63, 3.8) is 0 Å². The molecule has 1 amide bonds. The Kier molecular flexibility index (Phi) is 5.41. The van der Waals surface area contributed by atoms with Gasteiger partial charge in [-0.15, -0.1) is 0 Å². The highest BCUT2D eigenvalue weighted by Crippen LogP contribution is 2.31. The standard InChI is InChI=1S/C16H23NO5/c1-15(2,3)22-14(19)17-16(4,10-18)11-7-8-12(20-5)13(9-11)21-6/h7-10H,1-6H3,(H,17,19). The number of ether oxygens (including phenoxy) is 3. The third-order valence-corrected chi connectivity index (χ3v) is 2.98. The van der Waals surface area contributed by atoms with Gasteiger partial charge >= 0.3 is 6.09 Å². The molecule has 0 bridgehead atoms. The number of rotatable bonds is 5. The van der Waals surface area contributed by atoms with E-state index >= 15 is 0 Å². The van der Waals surface area contributed by atoms with E-state index in [1.165, 1.54) is 14.2 Å². The van der Waals surface area contributed by atoms with E-state index in [1.807, 2.05) is 0 Å². The van der Waals surface area contributed by atoms with Gasteiger partial charge in [0.1, 0.15) is 17.4 Å². The number of hydrogen-bond donors (Lipinski definition) is 1. The summed E-state index contributed by atoms with van der Waals surface area (Å²) in [4.78, 5) is 23.5. The van der Waals surface area contributed by atoms with Gasteiger partial charge in [0.25, 0.3) is 0 Å². The molecule has 0 heterocycles. The Morgan fingerprint density at radius 1 is 1.09 bits per heavy atom. The van der Waals surface area contributed by atoms with Gasteiger partial charge in [-0.3, -0.25) is 0 Å². The van der Waals surface area contributed by atoms with Gasteiger partial charge in [-0.25, -0.2) is 4.79 Å². The Balaban J connectivity index is 3.08. The fourth-order valence-corrected chi connectivity index (χ4v) is 1.84. The quantitative estimate of drug-likeness (QED) is 0.846. The molecule has 0 aliphatic rings. The summed E-state index contributed by atoms with van der Waals surface area (Å²) in [5.74, 6) is 1.01. The topological polar surface area (TPSA) is 73.9 Å². The van der Waals surface area contributed by atoms with Gasteiger partial charge in [0, 0.05) is 0 Å². The fraction of sp³-hybridized carbons (Fsp3) is 0.500. The molecule has 1 atom stereocenters. The van der Waals surface area contributed by atoms with Crippen LogP contribution in [-0.2, 0) is 15.1 Å². The summed E-state index contributed by atoms with van der Waals surface area (Å²) in [5.41, 5.74) is -1.32. The lowest BCUT2D eigenvalue weighted by atomic mass is 9.93. The van der Waals surface area contributed by atoms with E-state index in [4.69, 9.17) is 14.2 Å². The second-order valence-corrected chi connectivity index (χ2v) is 6.02. The monoisotopic (exact) mass is 309 g/mol. The molecular formula is C16H23NO5. The Hall–Kier alpha value is -2.24. The van der Waals surface area contributed by atoms with Crippen molar-refractivity contribution in [1.29, 1.82) is 0 Å². The smallest absolute Gasteiger partial charge is 0.408 e. The first-order valence-corrected chi connectivity index (χ1v) is 6.85. The van der Waals surface area contributed by atoms with Gasteiger partial charge in [-0.05, 0) is 45.4 Å². The number of carbonyl (C=O) groups is 2. The SMILES string of the molecule is COc1ccc(C(C)(C=O)NC(=O)OC(C)(C)C)cc1OC. The predicted molar refractivity (Wildman–Crippen MR) is 82.3 cm³/mol. The van der Waals surface area contributed by atoms with Crippen LogP contribution in [0.2, 0.25) is 0 Å².